The number of nitrogens with one attached hydrogen (secondary N) is 1. The van der Waals surface area contributed by atoms with Gasteiger partial charge in [0.05, 0.1) is 28.8 Å². The number of rotatable bonds is 2. The molecule has 29 heavy (non-hydrogen) atoms. The summed E-state index contributed by atoms with van der Waals surface area (Å²) in [6, 6.07) is 3.81. The summed E-state index contributed by atoms with van der Waals surface area (Å²) in [7, 11) is 1.85. The van der Waals surface area contributed by atoms with Gasteiger partial charge in [-0.3, -0.25) is 14.5 Å². The van der Waals surface area contributed by atoms with Gasteiger partial charge in [0.1, 0.15) is 5.75 Å². The molecule has 1 fully saturated rings. The zero-order valence-electron chi connectivity index (χ0n) is 16.4. The van der Waals surface area contributed by atoms with Crippen LogP contribution in [0.15, 0.2) is 35.5 Å². The number of piperidine rings is 1. The highest BCUT2D eigenvalue weighted by Crippen LogP contribution is 2.36. The van der Waals surface area contributed by atoms with Crippen molar-refractivity contribution >= 4 is 21.7 Å². The Kier molecular flexibility index (Phi) is 4.09. The van der Waals surface area contributed by atoms with Crippen LogP contribution in [-0.2, 0) is 7.05 Å². The van der Waals surface area contributed by atoms with E-state index in [-0.39, 0.29) is 17.4 Å². The Balaban J connectivity index is 1.63. The van der Waals surface area contributed by atoms with Crippen molar-refractivity contribution in [2.75, 3.05) is 13.1 Å². The van der Waals surface area contributed by atoms with E-state index in [1.807, 2.05) is 32.3 Å². The maximum absolute atomic E-state index is 13.0. The molecule has 0 aliphatic carbocycles. The van der Waals surface area contributed by atoms with Crippen LogP contribution in [0.5, 0.6) is 5.75 Å². The summed E-state index contributed by atoms with van der Waals surface area (Å²) < 4.78 is 3.32. The van der Waals surface area contributed by atoms with Crippen molar-refractivity contribution < 1.29 is 5.11 Å². The first-order valence-electron chi connectivity index (χ1n) is 9.77. The van der Waals surface area contributed by atoms with Crippen LogP contribution in [0.2, 0.25) is 0 Å². The molecule has 1 aromatic carbocycles. The topological polar surface area (TPSA) is 97.9 Å². The second kappa shape index (κ2) is 6.66. The van der Waals surface area contributed by atoms with E-state index in [2.05, 4.69) is 20.5 Å². The maximum Gasteiger partial charge on any atom is 0.276 e. The minimum Gasteiger partial charge on any atom is -0.507 e. The van der Waals surface area contributed by atoms with E-state index in [9.17, 15) is 9.90 Å². The summed E-state index contributed by atoms with van der Waals surface area (Å²) in [5.74, 6) is 0.152. The van der Waals surface area contributed by atoms with Crippen molar-refractivity contribution in [3.8, 4) is 17.0 Å². The zero-order chi connectivity index (χ0) is 20.1. The molecule has 1 saturated heterocycles. The Bertz CT molecular complexity index is 1300. The van der Waals surface area contributed by atoms with E-state index in [4.69, 9.17) is 0 Å². The highest BCUT2D eigenvalue weighted by Gasteiger charge is 2.19. The van der Waals surface area contributed by atoms with Gasteiger partial charge in [-0.1, -0.05) is 0 Å². The molecule has 0 radical (unpaired) electrons. The third kappa shape index (κ3) is 2.87. The smallest absolute Gasteiger partial charge is 0.276 e. The first-order valence-corrected chi connectivity index (χ1v) is 9.77. The molecule has 4 aromatic rings. The first kappa shape index (κ1) is 17.8. The number of phenols is 1. The molecule has 8 heteroatoms. The summed E-state index contributed by atoms with van der Waals surface area (Å²) in [5.41, 5.74) is 2.58. The van der Waals surface area contributed by atoms with Crippen molar-refractivity contribution in [1.29, 1.82) is 0 Å². The van der Waals surface area contributed by atoms with Crippen LogP contribution < -0.4 is 10.9 Å². The molecule has 5 rings (SSSR count). The van der Waals surface area contributed by atoms with Crippen molar-refractivity contribution in [3.63, 3.8) is 0 Å². The summed E-state index contributed by atoms with van der Waals surface area (Å²) in [5, 5.41) is 25.0. The standard InChI is InChI=1S/C21H22N6O2/c1-12-19-14(11-26(2)25-19)7-16(20(12)28)18-8-13-9-24-27(15-3-5-22-6-4-15)21(29)17(13)10-23-18/h7-11,15,22,28H,3-6H2,1-2H3. The highest BCUT2D eigenvalue weighted by molar-refractivity contribution is 5.92. The van der Waals surface area contributed by atoms with Gasteiger partial charge < -0.3 is 10.4 Å². The zero-order valence-corrected chi connectivity index (χ0v) is 16.4. The van der Waals surface area contributed by atoms with Crippen molar-refractivity contribution in [2.24, 2.45) is 7.05 Å². The lowest BCUT2D eigenvalue weighted by Gasteiger charge is -2.23. The van der Waals surface area contributed by atoms with E-state index in [0.717, 1.165) is 36.8 Å². The van der Waals surface area contributed by atoms with E-state index in [1.165, 1.54) is 0 Å². The molecular formula is C21H22N6O2. The van der Waals surface area contributed by atoms with E-state index in [1.54, 1.807) is 21.8 Å². The average Bonchev–Trinajstić information content (AvgIpc) is 3.12. The fraction of sp³-hybridized carbons (Fsp3) is 0.333. The Morgan fingerprint density at radius 1 is 1.17 bits per heavy atom. The van der Waals surface area contributed by atoms with Gasteiger partial charge in [0.25, 0.3) is 5.56 Å². The summed E-state index contributed by atoms with van der Waals surface area (Å²) in [6.07, 6.45) is 7.00. The average molecular weight is 390 g/mol. The molecule has 0 bridgehead atoms. The Morgan fingerprint density at radius 2 is 1.97 bits per heavy atom. The summed E-state index contributed by atoms with van der Waals surface area (Å²) >= 11 is 0. The third-order valence-electron chi connectivity index (χ3n) is 5.75. The van der Waals surface area contributed by atoms with Crippen molar-refractivity contribution in [1.82, 2.24) is 29.9 Å². The first-order chi connectivity index (χ1) is 14.0. The van der Waals surface area contributed by atoms with Crippen LogP contribution in [0.4, 0.5) is 0 Å². The van der Waals surface area contributed by atoms with E-state index < -0.39 is 0 Å². The third-order valence-corrected chi connectivity index (χ3v) is 5.75. The quantitative estimate of drug-likeness (QED) is 0.545. The molecule has 148 valence electrons. The van der Waals surface area contributed by atoms with Gasteiger partial charge in [-0.2, -0.15) is 10.2 Å². The van der Waals surface area contributed by atoms with Crippen LogP contribution in [0.3, 0.4) is 0 Å². The number of hydrogen-bond donors (Lipinski definition) is 2. The maximum atomic E-state index is 13.0. The molecule has 0 atom stereocenters. The number of aromatic hydroxyl groups is 1. The number of aryl methyl sites for hydroxylation is 2. The summed E-state index contributed by atoms with van der Waals surface area (Å²) in [4.78, 5) is 17.5. The number of aromatic nitrogens is 5. The van der Waals surface area contributed by atoms with E-state index in [0.29, 0.717) is 27.6 Å². The molecule has 1 aliphatic rings. The molecule has 0 saturated carbocycles. The van der Waals surface area contributed by atoms with Crippen LogP contribution in [0.25, 0.3) is 32.9 Å². The molecular weight excluding hydrogens is 368 g/mol. The predicted molar refractivity (Wildman–Crippen MR) is 111 cm³/mol. The number of pyridine rings is 1. The summed E-state index contributed by atoms with van der Waals surface area (Å²) in [6.45, 7) is 3.63. The molecule has 4 heterocycles. The van der Waals surface area contributed by atoms with Crippen LogP contribution in [-0.4, -0.2) is 42.7 Å². The van der Waals surface area contributed by atoms with Gasteiger partial charge in [0, 0.05) is 41.3 Å². The lowest BCUT2D eigenvalue weighted by Crippen LogP contribution is -2.35. The highest BCUT2D eigenvalue weighted by atomic mass is 16.3. The van der Waals surface area contributed by atoms with Gasteiger partial charge in [0.15, 0.2) is 0 Å². The van der Waals surface area contributed by atoms with Gasteiger partial charge >= 0.3 is 0 Å². The number of benzene rings is 1. The van der Waals surface area contributed by atoms with Crippen LogP contribution in [0, 0.1) is 6.92 Å². The molecule has 8 nitrogen and oxygen atoms in total. The van der Waals surface area contributed by atoms with E-state index >= 15 is 0 Å². The minimum absolute atomic E-state index is 0.114. The molecule has 1 aliphatic heterocycles. The van der Waals surface area contributed by atoms with Gasteiger partial charge in [-0.25, -0.2) is 4.68 Å². The number of nitrogens with zero attached hydrogens (tertiary/aromatic N) is 5. The second-order valence-electron chi connectivity index (χ2n) is 7.67. The molecule has 3 aromatic heterocycles. The lowest BCUT2D eigenvalue weighted by molar-refractivity contribution is 0.333. The van der Waals surface area contributed by atoms with Gasteiger partial charge in [0.2, 0.25) is 0 Å². The SMILES string of the molecule is Cc1c(O)c(-c2cc3cnn(C4CCNCC4)c(=O)c3cn2)cc2cn(C)nc12. The largest absolute Gasteiger partial charge is 0.507 e. The second-order valence-corrected chi connectivity index (χ2v) is 7.67. The van der Waals surface area contributed by atoms with Gasteiger partial charge in [-0.05, 0) is 45.0 Å². The van der Waals surface area contributed by atoms with Crippen molar-refractivity contribution in [2.45, 2.75) is 25.8 Å². The Hall–Kier alpha value is -3.26. The lowest BCUT2D eigenvalue weighted by atomic mass is 10.0. The molecule has 0 unspecified atom stereocenters. The van der Waals surface area contributed by atoms with Crippen LogP contribution >= 0.6 is 0 Å². The number of hydrogen-bond acceptors (Lipinski definition) is 6. The fourth-order valence-corrected chi connectivity index (χ4v) is 4.15. The normalized spacial score (nSPS) is 15.4. The monoisotopic (exact) mass is 390 g/mol. The van der Waals surface area contributed by atoms with Gasteiger partial charge in [-0.15, -0.1) is 0 Å². The molecule has 2 N–H and O–H groups in total. The number of phenolic OH excluding ortho intramolecular Hbond substituents is 1. The minimum atomic E-state index is -0.114. The Morgan fingerprint density at radius 3 is 2.76 bits per heavy atom. The predicted octanol–water partition coefficient (Wildman–Crippen LogP) is 2.28. The fourth-order valence-electron chi connectivity index (χ4n) is 4.15. The molecule has 0 spiro atoms. The Labute approximate surface area is 166 Å². The van der Waals surface area contributed by atoms with Crippen molar-refractivity contribution in [3.05, 3.63) is 46.6 Å². The molecule has 0 amide bonds. The number of fused-ring (bicyclic) bond motifs is 2. The van der Waals surface area contributed by atoms with Crippen LogP contribution in [0.1, 0.15) is 24.4 Å².